The van der Waals surface area contributed by atoms with E-state index in [0.717, 1.165) is 50.8 Å². The monoisotopic (exact) mass is 1010 g/mol. The largest absolute Gasteiger partial charge is 0.311 e. The summed E-state index contributed by atoms with van der Waals surface area (Å²) >= 11 is 0. The van der Waals surface area contributed by atoms with Gasteiger partial charge < -0.3 is 9.80 Å². The Morgan fingerprint density at radius 3 is 1.51 bits per heavy atom. The Morgan fingerprint density at radius 2 is 0.848 bits per heavy atom. The number of rotatable bonds is 13. The summed E-state index contributed by atoms with van der Waals surface area (Å²) < 4.78 is 0. The molecule has 0 saturated carbocycles. The zero-order valence-corrected chi connectivity index (χ0v) is 44.9. The van der Waals surface area contributed by atoms with Crippen LogP contribution in [0.2, 0.25) is 0 Å². The van der Waals surface area contributed by atoms with E-state index in [9.17, 15) is 0 Å². The van der Waals surface area contributed by atoms with E-state index in [1.54, 1.807) is 0 Å². The van der Waals surface area contributed by atoms with Crippen molar-refractivity contribution in [2.75, 3.05) is 9.80 Å². The van der Waals surface area contributed by atoms with Crippen molar-refractivity contribution in [1.82, 2.24) is 0 Å². The molecule has 0 unspecified atom stereocenters. The first-order valence-electron chi connectivity index (χ1n) is 27.4. The summed E-state index contributed by atoms with van der Waals surface area (Å²) in [6.07, 6.45) is 4.45. The van der Waals surface area contributed by atoms with Crippen LogP contribution in [0, 0.1) is 0 Å². The lowest BCUT2D eigenvalue weighted by molar-refractivity contribution is 0.639. The van der Waals surface area contributed by atoms with Crippen LogP contribution in [0.25, 0.3) is 50.1 Å². The van der Waals surface area contributed by atoms with E-state index in [-0.39, 0.29) is 5.41 Å². The summed E-state index contributed by atoms with van der Waals surface area (Å²) in [5.74, 6) is 0. The number of benzene rings is 11. The summed E-state index contributed by atoms with van der Waals surface area (Å²) in [7, 11) is 0. The number of para-hydroxylation sites is 2. The highest BCUT2D eigenvalue weighted by molar-refractivity contribution is 5.98. The van der Waals surface area contributed by atoms with Crippen molar-refractivity contribution in [3.8, 4) is 44.5 Å². The molecular formula is C77H60N2. The van der Waals surface area contributed by atoms with Gasteiger partial charge in [0.15, 0.2) is 0 Å². The second kappa shape index (κ2) is 20.3. The Balaban J connectivity index is 0.968. The second-order valence-corrected chi connectivity index (χ2v) is 21.3. The Morgan fingerprint density at radius 1 is 0.380 bits per heavy atom. The van der Waals surface area contributed by atoms with Crippen LogP contribution in [0.4, 0.5) is 28.4 Å². The smallest absolute Gasteiger partial charge is 0.0714 e. The topological polar surface area (TPSA) is 6.48 Å². The molecule has 79 heavy (non-hydrogen) atoms. The molecule has 0 radical (unpaired) electrons. The number of fused-ring (bicyclic) bond motifs is 4. The van der Waals surface area contributed by atoms with Crippen molar-refractivity contribution in [2.45, 2.75) is 31.6 Å². The van der Waals surface area contributed by atoms with E-state index in [4.69, 9.17) is 6.58 Å². The van der Waals surface area contributed by atoms with Crippen LogP contribution < -0.4 is 9.80 Å². The Bertz CT molecular complexity index is 4040. The van der Waals surface area contributed by atoms with Crippen LogP contribution >= 0.6 is 0 Å². The third kappa shape index (κ3) is 8.45. The highest BCUT2D eigenvalue weighted by atomic mass is 15.1. The molecule has 2 nitrogen and oxygen atoms in total. The number of anilines is 5. The average molecular weight is 1010 g/mol. The molecule has 11 aromatic carbocycles. The third-order valence-electron chi connectivity index (χ3n) is 16.7. The summed E-state index contributed by atoms with van der Waals surface area (Å²) in [6, 6.07) is 104. The maximum atomic E-state index is 4.72. The maximum absolute atomic E-state index is 4.72. The minimum atomic E-state index is -0.655. The summed E-state index contributed by atoms with van der Waals surface area (Å²) in [6.45, 7) is 11.6. The normalized spacial score (nSPS) is 13.7. The first-order valence-corrected chi connectivity index (χ1v) is 27.4. The van der Waals surface area contributed by atoms with Gasteiger partial charge in [-0.3, -0.25) is 0 Å². The number of hydrogen-bond donors (Lipinski definition) is 0. The van der Waals surface area contributed by atoms with Gasteiger partial charge in [0.25, 0.3) is 0 Å². The predicted octanol–water partition coefficient (Wildman–Crippen LogP) is 20.5. The molecule has 378 valence electrons. The van der Waals surface area contributed by atoms with Crippen LogP contribution in [0.1, 0.15) is 54.2 Å². The van der Waals surface area contributed by atoms with Gasteiger partial charge in [0.2, 0.25) is 0 Å². The molecule has 0 spiro atoms. The van der Waals surface area contributed by atoms with Crippen molar-refractivity contribution in [3.63, 3.8) is 0 Å². The molecule has 0 heterocycles. The first-order chi connectivity index (χ1) is 38.8. The van der Waals surface area contributed by atoms with Gasteiger partial charge in [-0.25, -0.2) is 0 Å². The molecule has 2 heteroatoms. The van der Waals surface area contributed by atoms with Crippen molar-refractivity contribution < 1.29 is 0 Å². The van der Waals surface area contributed by atoms with Gasteiger partial charge in [-0.15, -0.1) is 0 Å². The van der Waals surface area contributed by atoms with Crippen molar-refractivity contribution in [2.24, 2.45) is 0 Å². The molecule has 11 aromatic rings. The van der Waals surface area contributed by atoms with Crippen molar-refractivity contribution in [1.29, 1.82) is 0 Å². The maximum Gasteiger partial charge on any atom is 0.0714 e. The average Bonchev–Trinajstić information content (AvgIpc) is 4.08. The predicted molar refractivity (Wildman–Crippen MR) is 334 cm³/mol. The Kier molecular flexibility index (Phi) is 12.6. The lowest BCUT2D eigenvalue weighted by Crippen LogP contribution is -2.28. The summed E-state index contributed by atoms with van der Waals surface area (Å²) in [4.78, 5) is 4.72. The Labute approximate surface area is 465 Å². The molecule has 0 amide bonds. The van der Waals surface area contributed by atoms with E-state index in [2.05, 4.69) is 328 Å². The molecule has 0 aromatic heterocycles. The van der Waals surface area contributed by atoms with Crippen molar-refractivity contribution in [3.05, 3.63) is 349 Å². The highest BCUT2D eigenvalue weighted by Crippen LogP contribution is 2.60. The molecule has 0 bridgehead atoms. The number of allylic oxidation sites excluding steroid dienone is 4. The zero-order chi connectivity index (χ0) is 53.5. The number of hydrogen-bond acceptors (Lipinski definition) is 2. The van der Waals surface area contributed by atoms with Crippen molar-refractivity contribution >= 4 is 34.0 Å². The fourth-order valence-corrected chi connectivity index (χ4v) is 12.6. The lowest BCUT2D eigenvalue weighted by Gasteiger charge is -2.35. The van der Waals surface area contributed by atoms with Gasteiger partial charge in [-0.2, -0.15) is 0 Å². The molecular weight excluding hydrogens is 953 g/mol. The van der Waals surface area contributed by atoms with E-state index in [1.807, 2.05) is 0 Å². The zero-order valence-electron chi connectivity index (χ0n) is 44.9. The molecule has 0 atom stereocenters. The van der Waals surface area contributed by atoms with Gasteiger partial charge in [-0.1, -0.05) is 263 Å². The van der Waals surface area contributed by atoms with Gasteiger partial charge in [0.1, 0.15) is 0 Å². The van der Waals surface area contributed by atoms with Gasteiger partial charge in [0, 0.05) is 39.4 Å². The number of nitrogens with zero attached hydrogens (tertiary/aromatic N) is 2. The summed E-state index contributed by atoms with van der Waals surface area (Å²) in [5.41, 5.74) is 25.2. The highest BCUT2D eigenvalue weighted by Gasteiger charge is 2.47. The molecule has 2 aliphatic rings. The van der Waals surface area contributed by atoms with Gasteiger partial charge in [-0.05, 0) is 145 Å². The molecule has 0 aliphatic heterocycles. The minimum Gasteiger partial charge on any atom is -0.311 e. The standard InChI is InChI=1S/C77H60N2/c1-54(41-51-66-55(2)76(3,4)71-38-22-20-36-69(66)71)78(62-33-18-9-19-34-62)63-48-44-59(45-49-63)68-37-24-39-72-75(68)70-52-50-65(53-73(70)77(72,60-29-14-7-15-30-60)61-31-16-8-17-32-61)79(64-46-42-57(43-47-64)56-25-10-5-11-26-56)74-40-23-21-35-67(74)58-27-12-6-13-28-58/h5-53H,1H2,2-4H3/b51-41-. The minimum absolute atomic E-state index is 0.0418. The SMILES string of the molecule is C=C(/C=C\C1=C(C)C(C)(C)c2ccccc21)N(c1ccccc1)c1ccc(-c2cccc3c2-c2ccc(N(c4ccc(-c5ccccc5)cc4)c4ccccc4-c4ccccc4)cc2C3(c2ccccc2)c2ccccc2)cc1. The fraction of sp³-hybridized carbons (Fsp3) is 0.0649. The molecule has 0 fully saturated rings. The van der Waals surface area contributed by atoms with Crippen LogP contribution in [-0.4, -0.2) is 0 Å². The van der Waals surface area contributed by atoms with E-state index in [0.29, 0.717) is 0 Å². The molecule has 2 aliphatic carbocycles. The second-order valence-electron chi connectivity index (χ2n) is 21.3. The van der Waals surface area contributed by atoms with Gasteiger partial charge in [0.05, 0.1) is 11.1 Å². The third-order valence-corrected chi connectivity index (χ3v) is 16.7. The first kappa shape index (κ1) is 48.9. The van der Waals surface area contributed by atoms with E-state index in [1.165, 1.54) is 72.3 Å². The molecule has 0 N–H and O–H groups in total. The lowest BCUT2D eigenvalue weighted by atomic mass is 9.67. The van der Waals surface area contributed by atoms with Crippen LogP contribution in [0.15, 0.2) is 315 Å². The fourth-order valence-electron chi connectivity index (χ4n) is 12.6. The quantitative estimate of drug-likeness (QED) is 0.106. The molecule has 0 saturated heterocycles. The van der Waals surface area contributed by atoms with Gasteiger partial charge >= 0.3 is 0 Å². The van der Waals surface area contributed by atoms with E-state index < -0.39 is 5.41 Å². The van der Waals surface area contributed by atoms with Crippen LogP contribution in [-0.2, 0) is 10.8 Å². The van der Waals surface area contributed by atoms with Crippen LogP contribution in [0.3, 0.4) is 0 Å². The molecule has 13 rings (SSSR count). The summed E-state index contributed by atoms with van der Waals surface area (Å²) in [5, 5.41) is 0. The van der Waals surface area contributed by atoms with E-state index >= 15 is 0 Å². The van der Waals surface area contributed by atoms with Crippen LogP contribution in [0.5, 0.6) is 0 Å². The Hall–Kier alpha value is -9.76.